The number of carbonyl (C=O) groups is 1. The highest BCUT2D eigenvalue weighted by Crippen LogP contribution is 2.27. The van der Waals surface area contributed by atoms with Crippen LogP contribution in [-0.4, -0.2) is 38.2 Å². The Morgan fingerprint density at radius 2 is 2.00 bits per heavy atom. The number of nitrogens with one attached hydrogen (secondary N) is 2. The van der Waals surface area contributed by atoms with Crippen molar-refractivity contribution in [1.82, 2.24) is 15.3 Å². The lowest BCUT2D eigenvalue weighted by atomic mass is 9.91. The molecule has 0 spiro atoms. The second kappa shape index (κ2) is 6.53. The van der Waals surface area contributed by atoms with Gasteiger partial charge in [-0.05, 0) is 37.3 Å². The van der Waals surface area contributed by atoms with Gasteiger partial charge in [0.25, 0.3) is 0 Å². The number of carboxylic acid groups (broad SMARTS) is 1. The number of rotatable bonds is 4. The molecule has 0 unspecified atom stereocenters. The Kier molecular flexibility index (Phi) is 4.73. The van der Waals surface area contributed by atoms with Crippen molar-refractivity contribution in [2.24, 2.45) is 0 Å². The third-order valence-electron chi connectivity index (χ3n) is 3.33. The molecule has 1 amide bonds. The van der Waals surface area contributed by atoms with E-state index in [-0.39, 0.29) is 28.9 Å². The van der Waals surface area contributed by atoms with Crippen molar-refractivity contribution in [3.05, 3.63) is 21.6 Å². The highest BCUT2D eigenvalue weighted by molar-refractivity contribution is 6.28. The van der Waals surface area contributed by atoms with Crippen LogP contribution in [0.25, 0.3) is 0 Å². The Morgan fingerprint density at radius 3 is 2.57 bits per heavy atom. The lowest BCUT2D eigenvalue weighted by Gasteiger charge is -2.29. The molecule has 1 heterocycles. The third-order valence-corrected chi connectivity index (χ3v) is 3.51. The molecule has 2 rings (SSSR count). The Morgan fingerprint density at radius 1 is 1.38 bits per heavy atom. The Balaban J connectivity index is 1.99. The van der Waals surface area contributed by atoms with E-state index in [1.807, 2.05) is 0 Å². The van der Waals surface area contributed by atoms with Crippen molar-refractivity contribution in [2.75, 3.05) is 5.32 Å². The molecule has 21 heavy (non-hydrogen) atoms. The number of amides is 1. The van der Waals surface area contributed by atoms with Crippen molar-refractivity contribution in [3.8, 4) is 0 Å². The van der Waals surface area contributed by atoms with E-state index in [0.29, 0.717) is 25.7 Å². The number of aromatic nitrogens is 2. The van der Waals surface area contributed by atoms with Gasteiger partial charge in [0.1, 0.15) is 6.20 Å². The first-order chi connectivity index (χ1) is 9.95. The average molecular weight is 316 g/mol. The fourth-order valence-corrected chi connectivity index (χ4v) is 2.48. The first-order valence-corrected chi connectivity index (χ1v) is 6.76. The van der Waals surface area contributed by atoms with Gasteiger partial charge in [0.05, 0.1) is 4.92 Å². The summed E-state index contributed by atoms with van der Waals surface area (Å²) in [4.78, 5) is 28.3. The summed E-state index contributed by atoms with van der Waals surface area (Å²) in [6.45, 7) is 0. The third kappa shape index (κ3) is 4.15. The van der Waals surface area contributed by atoms with E-state index >= 15 is 0 Å². The van der Waals surface area contributed by atoms with Crippen molar-refractivity contribution in [3.63, 3.8) is 0 Å². The molecule has 10 heteroatoms. The second-order valence-corrected chi connectivity index (χ2v) is 5.11. The highest BCUT2D eigenvalue weighted by Gasteiger charge is 2.25. The molecule has 1 aliphatic carbocycles. The minimum atomic E-state index is -1.04. The summed E-state index contributed by atoms with van der Waals surface area (Å²) in [6.07, 6.45) is 2.72. The molecule has 0 saturated heterocycles. The van der Waals surface area contributed by atoms with Gasteiger partial charge in [-0.25, -0.2) is 9.78 Å². The zero-order valence-electron chi connectivity index (χ0n) is 11.0. The summed E-state index contributed by atoms with van der Waals surface area (Å²) in [5.41, 5.74) is -0.231. The van der Waals surface area contributed by atoms with E-state index in [1.54, 1.807) is 0 Å². The van der Waals surface area contributed by atoms with Crippen LogP contribution in [-0.2, 0) is 0 Å². The molecule has 1 aliphatic rings. The number of hydrogen-bond acceptors (Lipinski definition) is 6. The molecule has 0 aliphatic heterocycles. The van der Waals surface area contributed by atoms with Crippen molar-refractivity contribution in [1.29, 1.82) is 0 Å². The molecule has 3 N–H and O–H groups in total. The van der Waals surface area contributed by atoms with Crippen LogP contribution in [0.4, 0.5) is 16.3 Å². The molecule has 114 valence electrons. The van der Waals surface area contributed by atoms with Crippen LogP contribution in [0.3, 0.4) is 0 Å². The van der Waals surface area contributed by atoms with Gasteiger partial charge >= 0.3 is 11.8 Å². The second-order valence-electron chi connectivity index (χ2n) is 4.77. The lowest BCUT2D eigenvalue weighted by Crippen LogP contribution is -2.39. The zero-order chi connectivity index (χ0) is 15.4. The largest absolute Gasteiger partial charge is 0.465 e. The molecular formula is C11H14ClN5O4. The maximum atomic E-state index is 10.9. The molecule has 0 aromatic carbocycles. The number of halogens is 1. The van der Waals surface area contributed by atoms with E-state index in [4.69, 9.17) is 16.7 Å². The molecule has 9 nitrogen and oxygen atoms in total. The number of hydrogen-bond donors (Lipinski definition) is 3. The Bertz CT molecular complexity index is 547. The molecular weight excluding hydrogens is 302 g/mol. The van der Waals surface area contributed by atoms with Gasteiger partial charge in [-0.3, -0.25) is 10.1 Å². The molecule has 0 bridgehead atoms. The van der Waals surface area contributed by atoms with Crippen molar-refractivity contribution >= 4 is 29.2 Å². The van der Waals surface area contributed by atoms with E-state index in [1.165, 1.54) is 0 Å². The van der Waals surface area contributed by atoms with Crippen LogP contribution >= 0.6 is 11.6 Å². The minimum Gasteiger partial charge on any atom is -0.465 e. The zero-order valence-corrected chi connectivity index (χ0v) is 11.7. The summed E-state index contributed by atoms with van der Waals surface area (Å²) < 4.78 is 0. The van der Waals surface area contributed by atoms with Crippen LogP contribution < -0.4 is 10.6 Å². The first kappa shape index (κ1) is 15.2. The summed E-state index contributed by atoms with van der Waals surface area (Å²) >= 11 is 5.66. The quantitative estimate of drug-likeness (QED) is 0.440. The number of nitro groups is 1. The van der Waals surface area contributed by atoms with Gasteiger partial charge in [0, 0.05) is 12.1 Å². The van der Waals surface area contributed by atoms with Crippen molar-refractivity contribution < 1.29 is 14.8 Å². The van der Waals surface area contributed by atoms with E-state index < -0.39 is 11.0 Å². The first-order valence-electron chi connectivity index (χ1n) is 6.38. The molecule has 0 radical (unpaired) electrons. The molecule has 1 fully saturated rings. The average Bonchev–Trinajstić information content (AvgIpc) is 2.40. The molecule has 1 aromatic heterocycles. The highest BCUT2D eigenvalue weighted by atomic mass is 35.5. The van der Waals surface area contributed by atoms with E-state index in [0.717, 1.165) is 6.20 Å². The van der Waals surface area contributed by atoms with Gasteiger partial charge in [-0.15, -0.1) is 0 Å². The van der Waals surface area contributed by atoms with Crippen LogP contribution in [0.1, 0.15) is 25.7 Å². The Labute approximate surface area is 124 Å². The molecule has 0 atom stereocenters. The fraction of sp³-hybridized carbons (Fsp3) is 0.545. The van der Waals surface area contributed by atoms with Gasteiger partial charge in [0.15, 0.2) is 0 Å². The predicted octanol–water partition coefficient (Wildman–Crippen LogP) is 2.03. The van der Waals surface area contributed by atoms with Gasteiger partial charge in [0.2, 0.25) is 11.1 Å². The number of nitrogens with zero attached hydrogens (tertiary/aromatic N) is 3. The predicted molar refractivity (Wildman–Crippen MR) is 74.5 cm³/mol. The summed E-state index contributed by atoms with van der Waals surface area (Å²) in [7, 11) is 0. The topological polar surface area (TPSA) is 130 Å². The fourth-order valence-electron chi connectivity index (χ4n) is 2.34. The lowest BCUT2D eigenvalue weighted by molar-refractivity contribution is -0.384. The molecule has 1 saturated carbocycles. The monoisotopic (exact) mass is 315 g/mol. The van der Waals surface area contributed by atoms with Crippen molar-refractivity contribution in [2.45, 2.75) is 37.8 Å². The number of anilines is 1. The van der Waals surface area contributed by atoms with Crippen LogP contribution in [0.5, 0.6) is 0 Å². The maximum Gasteiger partial charge on any atom is 0.404 e. The standard InChI is InChI=1S/C11H14ClN5O4/c12-10-13-5-8(17(20)21)9(16-10)14-6-1-3-7(4-2-6)15-11(18)19/h5-7,15H,1-4H2,(H,18,19)(H,13,14,16). The van der Waals surface area contributed by atoms with Gasteiger partial charge in [-0.2, -0.15) is 4.98 Å². The van der Waals surface area contributed by atoms with Crippen LogP contribution in [0.2, 0.25) is 5.28 Å². The maximum absolute atomic E-state index is 10.9. The summed E-state index contributed by atoms with van der Waals surface area (Å²) in [6, 6.07) is -0.0916. The Hall–Kier alpha value is -2.16. The normalized spacial score (nSPS) is 21.6. The van der Waals surface area contributed by atoms with Gasteiger partial charge in [-0.1, -0.05) is 0 Å². The molecule has 1 aromatic rings. The van der Waals surface area contributed by atoms with Crippen LogP contribution in [0, 0.1) is 10.1 Å². The summed E-state index contributed by atoms with van der Waals surface area (Å²) in [5.74, 6) is 0.0923. The van der Waals surface area contributed by atoms with E-state index in [9.17, 15) is 14.9 Å². The summed E-state index contributed by atoms with van der Waals surface area (Å²) in [5, 5.41) is 24.9. The van der Waals surface area contributed by atoms with E-state index in [2.05, 4.69) is 20.6 Å². The smallest absolute Gasteiger partial charge is 0.404 e. The SMILES string of the molecule is O=C(O)NC1CCC(Nc2nc(Cl)ncc2[N+](=O)[O-])CC1. The van der Waals surface area contributed by atoms with Crippen LogP contribution in [0.15, 0.2) is 6.20 Å². The minimum absolute atomic E-state index is 0.0125. The van der Waals surface area contributed by atoms with Gasteiger partial charge < -0.3 is 15.7 Å².